The molecule has 1 amide bonds. The molecule has 2 rings (SSSR count). The lowest BCUT2D eigenvalue weighted by molar-refractivity contribution is 0.0226. The highest BCUT2D eigenvalue weighted by Gasteiger charge is 2.10. The van der Waals surface area contributed by atoms with Crippen molar-refractivity contribution in [2.75, 3.05) is 13.2 Å². The normalized spacial score (nSPS) is 17.6. The van der Waals surface area contributed by atoms with E-state index < -0.39 is 6.09 Å². The third-order valence-electron chi connectivity index (χ3n) is 3.67. The van der Waals surface area contributed by atoms with Gasteiger partial charge in [-0.2, -0.15) is 0 Å². The second-order valence-electron chi connectivity index (χ2n) is 5.70. The van der Waals surface area contributed by atoms with Gasteiger partial charge in [0.1, 0.15) is 12.8 Å². The zero-order chi connectivity index (χ0) is 17.0. The van der Waals surface area contributed by atoms with Crippen LogP contribution in [0.2, 0.25) is 0 Å². The van der Waals surface area contributed by atoms with E-state index in [0.717, 1.165) is 31.4 Å². The van der Waals surface area contributed by atoms with Crippen molar-refractivity contribution >= 4 is 18.0 Å². The molecule has 1 fully saturated rings. The van der Waals surface area contributed by atoms with E-state index in [4.69, 9.17) is 14.9 Å². The molecule has 6 heteroatoms. The molecule has 24 heavy (non-hydrogen) atoms. The number of rotatable bonds is 8. The predicted octanol–water partition coefficient (Wildman–Crippen LogP) is 3.31. The summed E-state index contributed by atoms with van der Waals surface area (Å²) >= 11 is 0. The van der Waals surface area contributed by atoms with Crippen LogP contribution in [0.5, 0.6) is 0 Å². The van der Waals surface area contributed by atoms with E-state index >= 15 is 0 Å². The van der Waals surface area contributed by atoms with Crippen molar-refractivity contribution in [3.63, 3.8) is 0 Å². The Morgan fingerprint density at radius 3 is 2.96 bits per heavy atom. The maximum atomic E-state index is 11.6. The standard InChI is InChI=1S/C18H25N3O3/c19-16(9-11-20-17-8-4-5-13-23-17)10-12-21-18(22)24-14-15-6-2-1-3-7-15/h1-3,6-7,11,17,19H,4-5,8-10,12-14H2,(H,21,22). The molecular formula is C18H25N3O3. The van der Waals surface area contributed by atoms with Crippen molar-refractivity contribution in [1.82, 2.24) is 5.32 Å². The Labute approximate surface area is 142 Å². The number of hydrogen-bond donors (Lipinski definition) is 2. The Balaban J connectivity index is 1.53. The van der Waals surface area contributed by atoms with Crippen molar-refractivity contribution in [3.05, 3.63) is 35.9 Å². The molecule has 1 unspecified atom stereocenters. The molecule has 0 saturated carbocycles. The lowest BCUT2D eigenvalue weighted by Crippen LogP contribution is -2.26. The van der Waals surface area contributed by atoms with Crippen molar-refractivity contribution in [2.45, 2.75) is 44.9 Å². The van der Waals surface area contributed by atoms with E-state index in [2.05, 4.69) is 10.3 Å². The van der Waals surface area contributed by atoms with Crippen LogP contribution < -0.4 is 5.32 Å². The molecule has 1 saturated heterocycles. The second kappa shape index (κ2) is 10.5. The van der Waals surface area contributed by atoms with Gasteiger partial charge in [0.15, 0.2) is 0 Å². The van der Waals surface area contributed by atoms with Crippen molar-refractivity contribution < 1.29 is 14.3 Å². The van der Waals surface area contributed by atoms with Gasteiger partial charge < -0.3 is 20.2 Å². The molecule has 1 aliphatic rings. The number of nitrogens with zero attached hydrogens (tertiary/aromatic N) is 1. The average molecular weight is 331 g/mol. The Bertz CT molecular complexity index is 540. The molecule has 0 spiro atoms. The van der Waals surface area contributed by atoms with E-state index in [1.165, 1.54) is 0 Å². The fourth-order valence-corrected chi connectivity index (χ4v) is 2.31. The Kier molecular flexibility index (Phi) is 7.97. The summed E-state index contributed by atoms with van der Waals surface area (Å²) in [7, 11) is 0. The molecule has 0 aromatic heterocycles. The minimum atomic E-state index is -0.462. The van der Waals surface area contributed by atoms with Crippen molar-refractivity contribution in [1.29, 1.82) is 5.41 Å². The molecule has 1 heterocycles. The number of carbonyl (C=O) groups is 1. The number of benzene rings is 1. The topological polar surface area (TPSA) is 83.8 Å². The number of carbonyl (C=O) groups excluding carboxylic acids is 1. The smallest absolute Gasteiger partial charge is 0.407 e. The Morgan fingerprint density at radius 2 is 2.21 bits per heavy atom. The van der Waals surface area contributed by atoms with Gasteiger partial charge in [-0.05, 0) is 24.8 Å². The summed E-state index contributed by atoms with van der Waals surface area (Å²) in [6.07, 6.45) is 5.42. The quantitative estimate of drug-likeness (QED) is 0.717. The first-order chi connectivity index (χ1) is 11.7. The van der Waals surface area contributed by atoms with Crippen molar-refractivity contribution in [2.24, 2.45) is 4.99 Å². The zero-order valence-corrected chi connectivity index (χ0v) is 13.9. The van der Waals surface area contributed by atoms with Gasteiger partial charge in [0.2, 0.25) is 0 Å². The molecule has 0 radical (unpaired) electrons. The summed E-state index contributed by atoms with van der Waals surface area (Å²) in [6, 6.07) is 9.52. The van der Waals surface area contributed by atoms with Gasteiger partial charge in [-0.15, -0.1) is 0 Å². The van der Waals surface area contributed by atoms with E-state index in [-0.39, 0.29) is 12.8 Å². The third-order valence-corrected chi connectivity index (χ3v) is 3.67. The van der Waals surface area contributed by atoms with Gasteiger partial charge in [-0.25, -0.2) is 4.79 Å². The summed E-state index contributed by atoms with van der Waals surface area (Å²) in [5, 5.41) is 10.5. The molecule has 6 nitrogen and oxygen atoms in total. The number of hydrogen-bond acceptors (Lipinski definition) is 5. The highest BCUT2D eigenvalue weighted by Crippen LogP contribution is 2.13. The van der Waals surface area contributed by atoms with Gasteiger partial charge in [-0.3, -0.25) is 4.99 Å². The fourth-order valence-electron chi connectivity index (χ4n) is 2.31. The fraction of sp³-hybridized carbons (Fsp3) is 0.500. The monoisotopic (exact) mass is 331 g/mol. The third kappa shape index (κ3) is 7.37. The van der Waals surface area contributed by atoms with E-state index in [0.29, 0.717) is 25.1 Å². The van der Waals surface area contributed by atoms with Crippen LogP contribution in [0.1, 0.15) is 37.7 Å². The van der Waals surface area contributed by atoms with E-state index in [1.807, 2.05) is 30.3 Å². The number of alkyl carbamates (subject to hydrolysis) is 1. The lowest BCUT2D eigenvalue weighted by Gasteiger charge is -2.18. The van der Waals surface area contributed by atoms with Gasteiger partial charge >= 0.3 is 6.09 Å². The summed E-state index contributed by atoms with van der Waals surface area (Å²) in [5.41, 5.74) is 1.47. The molecular weight excluding hydrogens is 306 g/mol. The molecule has 1 aliphatic heterocycles. The van der Waals surface area contributed by atoms with Crippen LogP contribution in [0, 0.1) is 5.41 Å². The molecule has 1 atom stereocenters. The largest absolute Gasteiger partial charge is 0.445 e. The molecule has 1 aromatic carbocycles. The second-order valence-corrected chi connectivity index (χ2v) is 5.70. The SMILES string of the molecule is N=C(CC=NC1CCCCO1)CCNC(=O)OCc1ccccc1. The first-order valence-corrected chi connectivity index (χ1v) is 8.38. The summed E-state index contributed by atoms with van der Waals surface area (Å²) in [4.78, 5) is 15.9. The Morgan fingerprint density at radius 1 is 1.38 bits per heavy atom. The minimum Gasteiger partial charge on any atom is -0.445 e. The highest BCUT2D eigenvalue weighted by molar-refractivity contribution is 5.93. The lowest BCUT2D eigenvalue weighted by atomic mass is 10.2. The van der Waals surface area contributed by atoms with Crippen LogP contribution in [0.15, 0.2) is 35.3 Å². The van der Waals surface area contributed by atoms with E-state index in [1.54, 1.807) is 6.21 Å². The Hall–Kier alpha value is -2.21. The molecule has 1 aromatic rings. The van der Waals surface area contributed by atoms with Crippen LogP contribution in [0.25, 0.3) is 0 Å². The maximum Gasteiger partial charge on any atom is 0.407 e. The minimum absolute atomic E-state index is 0.0439. The summed E-state index contributed by atoms with van der Waals surface area (Å²) < 4.78 is 10.6. The average Bonchev–Trinajstić information content (AvgIpc) is 2.62. The molecule has 2 N–H and O–H groups in total. The first-order valence-electron chi connectivity index (χ1n) is 8.38. The zero-order valence-electron chi connectivity index (χ0n) is 13.9. The van der Waals surface area contributed by atoms with Gasteiger partial charge in [0.05, 0.1) is 0 Å². The predicted molar refractivity (Wildman–Crippen MR) is 93.7 cm³/mol. The number of ether oxygens (including phenoxy) is 2. The first kappa shape index (κ1) is 18.1. The van der Waals surface area contributed by atoms with Gasteiger partial charge in [-0.1, -0.05) is 30.3 Å². The van der Waals surface area contributed by atoms with Crippen LogP contribution in [0.3, 0.4) is 0 Å². The van der Waals surface area contributed by atoms with Crippen LogP contribution >= 0.6 is 0 Å². The molecule has 0 aliphatic carbocycles. The van der Waals surface area contributed by atoms with Crippen LogP contribution in [-0.2, 0) is 16.1 Å². The van der Waals surface area contributed by atoms with E-state index in [9.17, 15) is 4.79 Å². The van der Waals surface area contributed by atoms with Gasteiger partial charge in [0, 0.05) is 37.9 Å². The number of amides is 1. The summed E-state index contributed by atoms with van der Waals surface area (Å²) in [5.74, 6) is 0. The highest BCUT2D eigenvalue weighted by atomic mass is 16.5. The summed E-state index contributed by atoms with van der Waals surface area (Å²) in [6.45, 7) is 1.41. The van der Waals surface area contributed by atoms with Crippen LogP contribution in [0.4, 0.5) is 4.79 Å². The molecule has 130 valence electrons. The maximum absolute atomic E-state index is 11.6. The molecule has 0 bridgehead atoms. The van der Waals surface area contributed by atoms with Crippen LogP contribution in [-0.4, -0.2) is 37.4 Å². The number of nitrogens with one attached hydrogen (secondary N) is 2. The number of aliphatic imine (C=N–C) groups is 1. The van der Waals surface area contributed by atoms with Crippen molar-refractivity contribution in [3.8, 4) is 0 Å². The van der Waals surface area contributed by atoms with Gasteiger partial charge in [0.25, 0.3) is 0 Å².